The molecule has 1 aromatic heterocycles. The SMILES string of the molecule is CCN(c1ccncc1)S(=O)(=O)c1cc(N)cc(Cl)c1F. The van der Waals surface area contributed by atoms with E-state index in [0.29, 0.717) is 5.69 Å². The number of aromatic nitrogens is 1. The van der Waals surface area contributed by atoms with Gasteiger partial charge in [-0.1, -0.05) is 11.6 Å². The predicted molar refractivity (Wildman–Crippen MR) is 80.3 cm³/mol. The second-order valence-electron chi connectivity index (χ2n) is 4.19. The highest BCUT2D eigenvalue weighted by Crippen LogP contribution is 2.30. The minimum absolute atomic E-state index is 0.0748. The molecule has 0 radical (unpaired) electrons. The van der Waals surface area contributed by atoms with Crippen LogP contribution >= 0.6 is 11.6 Å². The Bertz CT molecular complexity index is 754. The van der Waals surface area contributed by atoms with Gasteiger partial charge >= 0.3 is 0 Å². The van der Waals surface area contributed by atoms with E-state index in [9.17, 15) is 12.8 Å². The van der Waals surface area contributed by atoms with E-state index in [4.69, 9.17) is 17.3 Å². The van der Waals surface area contributed by atoms with Crippen molar-refractivity contribution in [3.05, 3.63) is 47.5 Å². The van der Waals surface area contributed by atoms with Crippen LogP contribution in [0.5, 0.6) is 0 Å². The lowest BCUT2D eigenvalue weighted by molar-refractivity contribution is 0.564. The Morgan fingerprint density at radius 2 is 1.95 bits per heavy atom. The lowest BCUT2D eigenvalue weighted by Gasteiger charge is -2.23. The number of hydrogen-bond donors (Lipinski definition) is 1. The molecule has 0 saturated heterocycles. The van der Waals surface area contributed by atoms with Gasteiger partial charge in [0, 0.05) is 24.6 Å². The number of nitrogens with two attached hydrogens (primary N) is 1. The van der Waals surface area contributed by atoms with Crippen LogP contribution in [0.3, 0.4) is 0 Å². The van der Waals surface area contributed by atoms with Crippen LogP contribution in [0.15, 0.2) is 41.6 Å². The molecule has 0 fully saturated rings. The van der Waals surface area contributed by atoms with Crippen LogP contribution in [0, 0.1) is 5.82 Å². The van der Waals surface area contributed by atoms with Gasteiger partial charge < -0.3 is 5.73 Å². The van der Waals surface area contributed by atoms with Crippen molar-refractivity contribution in [3.8, 4) is 0 Å². The molecule has 0 unspecified atom stereocenters. The van der Waals surface area contributed by atoms with E-state index in [-0.39, 0.29) is 17.3 Å². The van der Waals surface area contributed by atoms with Gasteiger partial charge in [0.2, 0.25) is 0 Å². The Kier molecular flexibility index (Phi) is 4.34. The Morgan fingerprint density at radius 1 is 1.33 bits per heavy atom. The minimum atomic E-state index is -4.11. The van der Waals surface area contributed by atoms with Crippen LogP contribution in [0.2, 0.25) is 5.02 Å². The molecule has 0 spiro atoms. The molecule has 2 aromatic rings. The second-order valence-corrected chi connectivity index (χ2v) is 6.43. The molecule has 0 bridgehead atoms. The first-order valence-electron chi connectivity index (χ1n) is 6.05. The first kappa shape index (κ1) is 15.5. The van der Waals surface area contributed by atoms with Crippen LogP contribution in [-0.2, 0) is 10.0 Å². The fraction of sp³-hybridized carbons (Fsp3) is 0.154. The third kappa shape index (κ3) is 2.93. The van der Waals surface area contributed by atoms with Crippen molar-refractivity contribution in [2.75, 3.05) is 16.6 Å². The molecule has 1 aromatic carbocycles. The molecule has 21 heavy (non-hydrogen) atoms. The fourth-order valence-corrected chi connectivity index (χ4v) is 3.77. The summed E-state index contributed by atoms with van der Waals surface area (Å²) >= 11 is 5.67. The van der Waals surface area contributed by atoms with Gasteiger partial charge in [-0.25, -0.2) is 12.8 Å². The number of sulfonamides is 1. The van der Waals surface area contributed by atoms with E-state index >= 15 is 0 Å². The number of halogens is 2. The first-order chi connectivity index (χ1) is 9.87. The van der Waals surface area contributed by atoms with Gasteiger partial charge in [-0.05, 0) is 31.2 Å². The molecule has 0 amide bonds. The third-order valence-corrected chi connectivity index (χ3v) is 5.00. The molecule has 8 heteroatoms. The molecule has 5 nitrogen and oxygen atoms in total. The second kappa shape index (κ2) is 5.87. The summed E-state index contributed by atoms with van der Waals surface area (Å²) in [5.41, 5.74) is 6.02. The highest BCUT2D eigenvalue weighted by Gasteiger charge is 2.28. The van der Waals surface area contributed by atoms with Crippen LogP contribution in [-0.4, -0.2) is 19.9 Å². The number of benzene rings is 1. The summed E-state index contributed by atoms with van der Waals surface area (Å²) in [6.07, 6.45) is 2.91. The van der Waals surface area contributed by atoms with Crippen LogP contribution in [0.1, 0.15) is 6.92 Å². The summed E-state index contributed by atoms with van der Waals surface area (Å²) in [4.78, 5) is 3.28. The van der Waals surface area contributed by atoms with Crippen LogP contribution in [0.4, 0.5) is 15.8 Å². The van der Waals surface area contributed by atoms with Crippen molar-refractivity contribution < 1.29 is 12.8 Å². The summed E-state index contributed by atoms with van der Waals surface area (Å²) in [5.74, 6) is -1.02. The number of nitrogen functional groups attached to an aromatic ring is 1. The minimum Gasteiger partial charge on any atom is -0.399 e. The fourth-order valence-electron chi connectivity index (χ4n) is 1.89. The first-order valence-corrected chi connectivity index (χ1v) is 7.87. The zero-order chi connectivity index (χ0) is 15.6. The average molecular weight is 330 g/mol. The Morgan fingerprint density at radius 3 is 2.52 bits per heavy atom. The van der Waals surface area contributed by atoms with Gasteiger partial charge in [-0.15, -0.1) is 0 Å². The van der Waals surface area contributed by atoms with Gasteiger partial charge in [-0.3, -0.25) is 9.29 Å². The molecule has 2 N–H and O–H groups in total. The molecule has 0 atom stereocenters. The molecule has 0 aliphatic carbocycles. The molecule has 1 heterocycles. The number of hydrogen-bond acceptors (Lipinski definition) is 4. The van der Waals surface area contributed by atoms with Crippen molar-refractivity contribution in [1.29, 1.82) is 0 Å². The highest BCUT2D eigenvalue weighted by atomic mass is 35.5. The van der Waals surface area contributed by atoms with Crippen molar-refractivity contribution in [2.45, 2.75) is 11.8 Å². The zero-order valence-electron chi connectivity index (χ0n) is 11.1. The molecule has 112 valence electrons. The van der Waals surface area contributed by atoms with Gasteiger partial charge in [0.15, 0.2) is 5.82 Å². The zero-order valence-corrected chi connectivity index (χ0v) is 12.7. The van der Waals surface area contributed by atoms with Gasteiger partial charge in [0.1, 0.15) is 4.90 Å². The number of rotatable bonds is 4. The number of pyridine rings is 1. The lowest BCUT2D eigenvalue weighted by atomic mass is 10.3. The Balaban J connectivity index is 2.61. The molecule has 0 saturated carbocycles. The Hall–Kier alpha value is -1.86. The predicted octanol–water partition coefficient (Wildman–Crippen LogP) is 2.67. The van der Waals surface area contributed by atoms with Gasteiger partial charge in [-0.2, -0.15) is 0 Å². The van der Waals surface area contributed by atoms with E-state index in [1.54, 1.807) is 6.92 Å². The number of nitrogens with zero attached hydrogens (tertiary/aromatic N) is 2. The highest BCUT2D eigenvalue weighted by molar-refractivity contribution is 7.92. The van der Waals surface area contributed by atoms with Crippen LogP contribution in [0.25, 0.3) is 0 Å². The largest absolute Gasteiger partial charge is 0.399 e. The molecular formula is C13H13ClFN3O2S. The maximum atomic E-state index is 14.1. The standard InChI is InChI=1S/C13H13ClFN3O2S/c1-2-18(10-3-5-17-6-4-10)21(19,20)12-8-9(16)7-11(14)13(12)15/h3-8H,2,16H2,1H3. The Labute approximate surface area is 127 Å². The maximum absolute atomic E-state index is 14.1. The number of anilines is 2. The topological polar surface area (TPSA) is 76.3 Å². The molecular weight excluding hydrogens is 317 g/mol. The maximum Gasteiger partial charge on any atom is 0.267 e. The summed E-state index contributed by atoms with van der Waals surface area (Å²) in [6.45, 7) is 1.77. The van der Waals surface area contributed by atoms with E-state index in [2.05, 4.69) is 4.98 Å². The van der Waals surface area contributed by atoms with Crippen molar-refractivity contribution in [1.82, 2.24) is 4.98 Å². The summed E-state index contributed by atoms with van der Waals surface area (Å²) in [7, 11) is -4.11. The summed E-state index contributed by atoms with van der Waals surface area (Å²) in [5, 5.41) is -0.334. The molecule has 0 aliphatic rings. The van der Waals surface area contributed by atoms with Crippen molar-refractivity contribution in [2.24, 2.45) is 0 Å². The summed E-state index contributed by atoms with van der Waals surface area (Å²) in [6, 6.07) is 5.26. The van der Waals surface area contributed by atoms with Crippen LogP contribution < -0.4 is 10.0 Å². The van der Waals surface area contributed by atoms with Crippen molar-refractivity contribution >= 4 is 33.0 Å². The average Bonchev–Trinajstić information content (AvgIpc) is 2.44. The van der Waals surface area contributed by atoms with E-state index < -0.39 is 20.7 Å². The van der Waals surface area contributed by atoms with Gasteiger partial charge in [0.25, 0.3) is 10.0 Å². The summed E-state index contributed by atoms with van der Waals surface area (Å²) < 4.78 is 40.4. The molecule has 2 rings (SSSR count). The molecule has 0 aliphatic heterocycles. The van der Waals surface area contributed by atoms with E-state index in [0.717, 1.165) is 10.4 Å². The third-order valence-electron chi connectivity index (χ3n) is 2.82. The van der Waals surface area contributed by atoms with E-state index in [1.165, 1.54) is 30.6 Å². The van der Waals surface area contributed by atoms with Crippen molar-refractivity contribution in [3.63, 3.8) is 0 Å². The normalized spacial score (nSPS) is 11.4. The monoisotopic (exact) mass is 329 g/mol. The smallest absolute Gasteiger partial charge is 0.267 e. The lowest BCUT2D eigenvalue weighted by Crippen LogP contribution is -2.31. The van der Waals surface area contributed by atoms with E-state index in [1.807, 2.05) is 0 Å². The quantitative estimate of drug-likeness (QED) is 0.875. The van der Waals surface area contributed by atoms with Gasteiger partial charge in [0.05, 0.1) is 10.7 Å².